The lowest BCUT2D eigenvalue weighted by Crippen LogP contribution is -2.33. The fourth-order valence-electron chi connectivity index (χ4n) is 0.754. The summed E-state index contributed by atoms with van der Waals surface area (Å²) in [5.41, 5.74) is 0.0102. The van der Waals surface area contributed by atoms with Gasteiger partial charge in [-0.1, -0.05) is 0 Å². The van der Waals surface area contributed by atoms with Gasteiger partial charge in [0, 0.05) is 19.0 Å². The van der Waals surface area contributed by atoms with Crippen LogP contribution in [0.25, 0.3) is 0 Å². The second kappa shape index (κ2) is 5.95. The normalized spacial score (nSPS) is 11.8. The summed E-state index contributed by atoms with van der Waals surface area (Å²) in [6.45, 7) is 5.51. The van der Waals surface area contributed by atoms with E-state index in [4.69, 9.17) is 15.6 Å². The molecule has 0 atom stereocenters. The molecule has 0 bridgehead atoms. The number of alkyl carbamates (subject to hydrolysis) is 1. The van der Waals surface area contributed by atoms with Gasteiger partial charge in [-0.15, -0.1) is 0 Å². The minimum absolute atomic E-state index is 0.188. The van der Waals surface area contributed by atoms with Gasteiger partial charge in [0.25, 0.3) is 0 Å². The number of ether oxygens (including phenoxy) is 1. The third kappa shape index (κ3) is 7.42. The lowest BCUT2D eigenvalue weighted by molar-refractivity contribution is 0.0533. The van der Waals surface area contributed by atoms with Crippen molar-refractivity contribution in [1.29, 1.82) is 10.8 Å². The van der Waals surface area contributed by atoms with Crippen molar-refractivity contribution in [2.75, 3.05) is 6.54 Å². The summed E-state index contributed by atoms with van der Waals surface area (Å²) in [6.07, 6.45) is 3.06. The van der Waals surface area contributed by atoms with Crippen LogP contribution in [0, 0.1) is 10.8 Å². The Morgan fingerprint density at radius 2 is 2.00 bits per heavy atom. The van der Waals surface area contributed by atoms with E-state index in [-0.39, 0.29) is 6.54 Å². The zero-order chi connectivity index (χ0) is 11.9. The van der Waals surface area contributed by atoms with Crippen LogP contribution in [0.2, 0.25) is 0 Å². The van der Waals surface area contributed by atoms with Gasteiger partial charge in [0.05, 0.1) is 0 Å². The van der Waals surface area contributed by atoms with Gasteiger partial charge in [-0.25, -0.2) is 4.79 Å². The fourth-order valence-corrected chi connectivity index (χ4v) is 0.754. The van der Waals surface area contributed by atoms with E-state index in [1.54, 1.807) is 20.8 Å². The van der Waals surface area contributed by atoms with Gasteiger partial charge in [-0.3, -0.25) is 0 Å². The van der Waals surface area contributed by atoms with Crippen LogP contribution in [0.3, 0.4) is 0 Å². The third-order valence-corrected chi connectivity index (χ3v) is 1.32. The first-order chi connectivity index (χ1) is 6.89. The zero-order valence-electron chi connectivity index (χ0n) is 9.26. The van der Waals surface area contributed by atoms with Gasteiger partial charge in [0.1, 0.15) is 5.60 Å². The van der Waals surface area contributed by atoms with Crippen molar-refractivity contribution in [3.05, 3.63) is 11.6 Å². The number of hydrogen-bond acceptors (Lipinski definition) is 4. The summed E-state index contributed by atoms with van der Waals surface area (Å²) in [5, 5.41) is 16.3. The molecule has 0 unspecified atom stereocenters. The molecule has 0 rings (SSSR count). The smallest absolute Gasteiger partial charge is 0.407 e. The topological polar surface area (TPSA) is 86.0 Å². The minimum Gasteiger partial charge on any atom is -0.444 e. The molecule has 0 fully saturated rings. The van der Waals surface area contributed by atoms with E-state index in [1.165, 1.54) is 6.08 Å². The number of nitrogens with one attached hydrogen (secondary N) is 3. The van der Waals surface area contributed by atoms with Gasteiger partial charge in [-0.2, -0.15) is 0 Å². The molecule has 0 heterocycles. The molecule has 0 aromatic carbocycles. The average molecular weight is 211 g/mol. The SMILES string of the molecule is CC(C)(C)OC(=O)NC/C(C=N)=C/C=N. The van der Waals surface area contributed by atoms with Gasteiger partial charge in [-0.05, 0) is 32.4 Å². The van der Waals surface area contributed by atoms with Crippen LogP contribution in [0.5, 0.6) is 0 Å². The van der Waals surface area contributed by atoms with E-state index in [2.05, 4.69) is 5.32 Å². The van der Waals surface area contributed by atoms with E-state index < -0.39 is 11.7 Å². The van der Waals surface area contributed by atoms with Crippen molar-refractivity contribution >= 4 is 18.5 Å². The first-order valence-electron chi connectivity index (χ1n) is 4.56. The molecule has 0 aliphatic rings. The molecule has 84 valence electrons. The number of amides is 1. The average Bonchev–Trinajstić information content (AvgIpc) is 2.09. The number of allylic oxidation sites excluding steroid dienone is 1. The highest BCUT2D eigenvalue weighted by atomic mass is 16.6. The van der Waals surface area contributed by atoms with Gasteiger partial charge in [0.2, 0.25) is 0 Å². The Bertz CT molecular complexity index is 277. The molecule has 3 N–H and O–H groups in total. The highest BCUT2D eigenvalue weighted by molar-refractivity contribution is 5.85. The molecule has 0 radical (unpaired) electrons. The van der Waals surface area contributed by atoms with Crippen LogP contribution < -0.4 is 5.32 Å². The van der Waals surface area contributed by atoms with Crippen molar-refractivity contribution < 1.29 is 9.53 Å². The fraction of sp³-hybridized carbons (Fsp3) is 0.500. The van der Waals surface area contributed by atoms with E-state index in [0.717, 1.165) is 12.4 Å². The van der Waals surface area contributed by atoms with E-state index in [9.17, 15) is 4.79 Å². The quantitative estimate of drug-likeness (QED) is 0.618. The molecule has 5 heteroatoms. The van der Waals surface area contributed by atoms with Crippen LogP contribution in [0.1, 0.15) is 20.8 Å². The molecule has 1 amide bonds. The molecule has 15 heavy (non-hydrogen) atoms. The number of hydrogen-bond donors (Lipinski definition) is 3. The van der Waals surface area contributed by atoms with E-state index >= 15 is 0 Å². The summed E-state index contributed by atoms with van der Waals surface area (Å²) in [6, 6.07) is 0. The molecule has 0 spiro atoms. The molecular formula is C10H17N3O2. The third-order valence-electron chi connectivity index (χ3n) is 1.32. The summed E-state index contributed by atoms with van der Waals surface area (Å²) >= 11 is 0. The molecule has 0 aliphatic carbocycles. The molecular weight excluding hydrogens is 194 g/mol. The van der Waals surface area contributed by atoms with Gasteiger partial charge >= 0.3 is 6.09 Å². The first-order valence-corrected chi connectivity index (χ1v) is 4.56. The predicted molar refractivity (Wildman–Crippen MR) is 59.9 cm³/mol. The Kier molecular flexibility index (Phi) is 5.30. The van der Waals surface area contributed by atoms with Crippen LogP contribution in [-0.4, -0.2) is 30.7 Å². The zero-order valence-corrected chi connectivity index (χ0v) is 9.26. The van der Waals surface area contributed by atoms with Crippen molar-refractivity contribution in [3.63, 3.8) is 0 Å². The maximum absolute atomic E-state index is 11.2. The maximum atomic E-state index is 11.2. The van der Waals surface area contributed by atoms with Crippen molar-refractivity contribution in [2.45, 2.75) is 26.4 Å². The second-order valence-electron chi connectivity index (χ2n) is 3.91. The Hall–Kier alpha value is -1.65. The summed E-state index contributed by atoms with van der Waals surface area (Å²) < 4.78 is 5.00. The lowest BCUT2D eigenvalue weighted by Gasteiger charge is -2.19. The molecule has 5 nitrogen and oxygen atoms in total. The first kappa shape index (κ1) is 13.4. The Balaban J connectivity index is 4.05. The molecule has 0 saturated heterocycles. The predicted octanol–water partition coefficient (Wildman–Crippen LogP) is 1.74. The number of rotatable bonds is 4. The monoisotopic (exact) mass is 211 g/mol. The summed E-state index contributed by atoms with van der Waals surface area (Å²) in [7, 11) is 0. The Morgan fingerprint density at radius 3 is 2.40 bits per heavy atom. The minimum atomic E-state index is -0.528. The van der Waals surface area contributed by atoms with Crippen LogP contribution in [0.4, 0.5) is 4.79 Å². The highest BCUT2D eigenvalue weighted by Gasteiger charge is 2.15. The maximum Gasteiger partial charge on any atom is 0.407 e. The molecule has 0 aliphatic heterocycles. The van der Waals surface area contributed by atoms with Crippen LogP contribution in [0.15, 0.2) is 11.6 Å². The standard InChI is InChI=1S/C10H17N3O2/c1-10(2,3)15-9(14)13-7-8(6-12)4-5-11/h4-6,11-12H,7H2,1-3H3,(H,13,14)/b8-4+,11-5?,12-6?. The molecule has 0 saturated carbocycles. The van der Waals surface area contributed by atoms with E-state index in [1.807, 2.05) is 0 Å². The van der Waals surface area contributed by atoms with Crippen molar-refractivity contribution in [3.8, 4) is 0 Å². The van der Waals surface area contributed by atoms with Crippen LogP contribution >= 0.6 is 0 Å². The Morgan fingerprint density at radius 1 is 1.40 bits per heavy atom. The van der Waals surface area contributed by atoms with Crippen molar-refractivity contribution in [2.24, 2.45) is 0 Å². The largest absolute Gasteiger partial charge is 0.444 e. The molecule has 0 aromatic heterocycles. The van der Waals surface area contributed by atoms with E-state index in [0.29, 0.717) is 5.57 Å². The van der Waals surface area contributed by atoms with Crippen molar-refractivity contribution in [1.82, 2.24) is 5.32 Å². The summed E-state index contributed by atoms with van der Waals surface area (Å²) in [4.78, 5) is 11.2. The highest BCUT2D eigenvalue weighted by Crippen LogP contribution is 2.06. The number of carbonyl (C=O) groups is 1. The van der Waals surface area contributed by atoms with Gasteiger partial charge in [0.15, 0.2) is 0 Å². The van der Waals surface area contributed by atoms with Gasteiger partial charge < -0.3 is 20.9 Å². The lowest BCUT2D eigenvalue weighted by atomic mass is 10.2. The number of carbonyl (C=O) groups excluding carboxylic acids is 1. The summed E-state index contributed by atoms with van der Waals surface area (Å²) in [5.74, 6) is 0. The Labute approximate surface area is 89.5 Å². The van der Waals surface area contributed by atoms with Crippen LogP contribution in [-0.2, 0) is 4.74 Å². The molecule has 0 aromatic rings. The second-order valence-corrected chi connectivity index (χ2v) is 3.91.